The summed E-state index contributed by atoms with van der Waals surface area (Å²) < 4.78 is 1.96. The Hall–Kier alpha value is -2.97. The fourth-order valence-electron chi connectivity index (χ4n) is 3.24. The molecule has 0 radical (unpaired) electrons. The molecule has 0 spiro atoms. The molecule has 2 aromatic heterocycles. The summed E-state index contributed by atoms with van der Waals surface area (Å²) in [5.74, 6) is 1.06. The summed E-state index contributed by atoms with van der Waals surface area (Å²) in [4.78, 5) is 17.0. The average molecular weight is 464 g/mol. The molecule has 0 fully saturated rings. The third-order valence-electron chi connectivity index (χ3n) is 5.29. The second-order valence-electron chi connectivity index (χ2n) is 7.62. The summed E-state index contributed by atoms with van der Waals surface area (Å²) in [7, 11) is 1.94. The lowest BCUT2D eigenvalue weighted by Crippen LogP contribution is -2.14. The lowest BCUT2D eigenvalue weighted by molar-refractivity contribution is -0.113. The van der Waals surface area contributed by atoms with Gasteiger partial charge in [-0.05, 0) is 43.0 Å². The van der Waals surface area contributed by atoms with E-state index in [0.717, 1.165) is 35.1 Å². The molecule has 0 unspecified atom stereocenters. The number of amides is 1. The zero-order valence-electron chi connectivity index (χ0n) is 18.3. The van der Waals surface area contributed by atoms with Crippen LogP contribution in [0.5, 0.6) is 0 Å². The van der Waals surface area contributed by atoms with Crippen molar-refractivity contribution in [3.05, 3.63) is 76.4 Å². The van der Waals surface area contributed by atoms with Gasteiger partial charge in [-0.15, -0.1) is 21.5 Å². The van der Waals surface area contributed by atoms with Crippen LogP contribution in [0, 0.1) is 13.8 Å². The Bertz CT molecular complexity index is 1220. The van der Waals surface area contributed by atoms with Gasteiger partial charge in [0, 0.05) is 24.4 Å². The number of aromatic nitrogens is 4. The minimum atomic E-state index is -0.107. The quantitative estimate of drug-likeness (QED) is 0.369. The molecule has 2 aromatic carbocycles. The van der Waals surface area contributed by atoms with Crippen molar-refractivity contribution in [3.63, 3.8) is 0 Å². The van der Waals surface area contributed by atoms with Gasteiger partial charge in [0.2, 0.25) is 5.91 Å². The SMILES string of the molecule is Cc1ccc(-c2csc(NC(=O)CSc3nnc(CCc4ccccc4)n3C)n2)cc1C. The number of thiazole rings is 1. The molecule has 1 N–H and O–H groups in total. The number of hydrogen-bond donors (Lipinski definition) is 1. The number of aryl methyl sites for hydroxylation is 4. The van der Waals surface area contributed by atoms with Crippen molar-refractivity contribution in [2.75, 3.05) is 11.1 Å². The van der Waals surface area contributed by atoms with Gasteiger partial charge in [-0.1, -0.05) is 54.2 Å². The van der Waals surface area contributed by atoms with Gasteiger partial charge < -0.3 is 9.88 Å². The Labute approximate surface area is 196 Å². The molecule has 6 nitrogen and oxygen atoms in total. The predicted molar refractivity (Wildman–Crippen MR) is 131 cm³/mol. The summed E-state index contributed by atoms with van der Waals surface area (Å²) in [6.07, 6.45) is 1.71. The van der Waals surface area contributed by atoms with E-state index < -0.39 is 0 Å². The molecule has 0 aliphatic carbocycles. The average Bonchev–Trinajstić information content (AvgIpc) is 3.40. The zero-order chi connectivity index (χ0) is 22.5. The summed E-state index contributed by atoms with van der Waals surface area (Å²) in [6.45, 7) is 4.18. The topological polar surface area (TPSA) is 72.7 Å². The molecule has 2 heterocycles. The first kappa shape index (κ1) is 22.2. The first-order valence-electron chi connectivity index (χ1n) is 10.4. The van der Waals surface area contributed by atoms with Crippen molar-refractivity contribution in [2.24, 2.45) is 7.05 Å². The Morgan fingerprint density at radius 2 is 1.88 bits per heavy atom. The maximum atomic E-state index is 12.4. The van der Waals surface area contributed by atoms with E-state index in [4.69, 9.17) is 0 Å². The molecule has 0 aliphatic heterocycles. The number of nitrogens with one attached hydrogen (secondary N) is 1. The van der Waals surface area contributed by atoms with Gasteiger partial charge in [-0.3, -0.25) is 4.79 Å². The minimum Gasteiger partial charge on any atom is -0.309 e. The predicted octanol–water partition coefficient (Wildman–Crippen LogP) is 5.07. The van der Waals surface area contributed by atoms with Crippen molar-refractivity contribution in [1.82, 2.24) is 19.7 Å². The molecular formula is C24H25N5OS2. The van der Waals surface area contributed by atoms with Crippen LogP contribution in [0.1, 0.15) is 22.5 Å². The second kappa shape index (κ2) is 10.1. The Kier molecular flexibility index (Phi) is 7.02. The first-order chi connectivity index (χ1) is 15.5. The smallest absolute Gasteiger partial charge is 0.236 e. The molecule has 0 aliphatic rings. The molecule has 0 bridgehead atoms. The van der Waals surface area contributed by atoms with E-state index in [9.17, 15) is 4.79 Å². The molecule has 0 saturated heterocycles. The normalized spacial score (nSPS) is 11.0. The van der Waals surface area contributed by atoms with Gasteiger partial charge >= 0.3 is 0 Å². The highest BCUT2D eigenvalue weighted by Crippen LogP contribution is 2.27. The summed E-state index contributed by atoms with van der Waals surface area (Å²) in [5, 5.41) is 14.7. The second-order valence-corrected chi connectivity index (χ2v) is 9.42. The number of carbonyl (C=O) groups is 1. The van der Waals surface area contributed by atoms with Crippen LogP contribution < -0.4 is 5.32 Å². The van der Waals surface area contributed by atoms with Crippen molar-refractivity contribution in [3.8, 4) is 11.3 Å². The number of hydrogen-bond acceptors (Lipinski definition) is 6. The van der Waals surface area contributed by atoms with Crippen LogP contribution in [0.25, 0.3) is 11.3 Å². The van der Waals surface area contributed by atoms with Gasteiger partial charge in [0.15, 0.2) is 10.3 Å². The minimum absolute atomic E-state index is 0.107. The highest BCUT2D eigenvalue weighted by molar-refractivity contribution is 7.99. The number of rotatable bonds is 8. The lowest BCUT2D eigenvalue weighted by atomic mass is 10.1. The largest absolute Gasteiger partial charge is 0.309 e. The van der Waals surface area contributed by atoms with Crippen LogP contribution in [0.2, 0.25) is 0 Å². The van der Waals surface area contributed by atoms with E-state index in [0.29, 0.717) is 5.13 Å². The van der Waals surface area contributed by atoms with Gasteiger partial charge in [0.25, 0.3) is 0 Å². The van der Waals surface area contributed by atoms with Gasteiger partial charge in [0.05, 0.1) is 11.4 Å². The standard InChI is InChI=1S/C24H25N5OS2/c1-16-9-11-19(13-17(16)2)20-14-31-23(25-20)26-22(30)15-32-24-28-27-21(29(24)3)12-10-18-7-5-4-6-8-18/h4-9,11,13-14H,10,12,15H2,1-3H3,(H,25,26,30). The molecule has 164 valence electrons. The van der Waals surface area contributed by atoms with Crippen LogP contribution in [0.15, 0.2) is 59.1 Å². The maximum absolute atomic E-state index is 12.4. The Morgan fingerprint density at radius 3 is 2.66 bits per heavy atom. The molecule has 4 rings (SSSR count). The fourth-order valence-corrected chi connectivity index (χ4v) is 4.71. The third-order valence-corrected chi connectivity index (χ3v) is 7.07. The van der Waals surface area contributed by atoms with Crippen molar-refractivity contribution < 1.29 is 4.79 Å². The van der Waals surface area contributed by atoms with E-state index in [1.54, 1.807) is 0 Å². The molecule has 0 saturated carbocycles. The van der Waals surface area contributed by atoms with Crippen LogP contribution >= 0.6 is 23.1 Å². The van der Waals surface area contributed by atoms with Crippen molar-refractivity contribution in [2.45, 2.75) is 31.8 Å². The summed E-state index contributed by atoms with van der Waals surface area (Å²) in [5.41, 5.74) is 5.68. The van der Waals surface area contributed by atoms with Gasteiger partial charge in [-0.25, -0.2) is 4.98 Å². The zero-order valence-corrected chi connectivity index (χ0v) is 20.0. The number of carbonyl (C=O) groups excluding carboxylic acids is 1. The molecule has 32 heavy (non-hydrogen) atoms. The van der Waals surface area contributed by atoms with E-state index in [1.807, 2.05) is 35.2 Å². The van der Waals surface area contributed by atoms with Crippen molar-refractivity contribution >= 4 is 34.1 Å². The van der Waals surface area contributed by atoms with Crippen molar-refractivity contribution in [1.29, 1.82) is 0 Å². The summed E-state index contributed by atoms with van der Waals surface area (Å²) in [6, 6.07) is 16.6. The van der Waals surface area contributed by atoms with Crippen LogP contribution in [0.4, 0.5) is 5.13 Å². The van der Waals surface area contributed by atoms with Gasteiger partial charge in [0.1, 0.15) is 5.82 Å². The molecule has 4 aromatic rings. The first-order valence-corrected chi connectivity index (χ1v) is 12.2. The lowest BCUT2D eigenvalue weighted by Gasteiger charge is -2.04. The molecule has 8 heteroatoms. The van der Waals surface area contributed by atoms with E-state index in [1.165, 1.54) is 39.8 Å². The van der Waals surface area contributed by atoms with E-state index in [-0.39, 0.29) is 11.7 Å². The number of thioether (sulfide) groups is 1. The highest BCUT2D eigenvalue weighted by Gasteiger charge is 2.13. The maximum Gasteiger partial charge on any atom is 0.236 e. The van der Waals surface area contributed by atoms with Crippen LogP contribution in [-0.2, 0) is 24.7 Å². The molecule has 1 amide bonds. The monoisotopic (exact) mass is 463 g/mol. The number of anilines is 1. The Morgan fingerprint density at radius 1 is 1.06 bits per heavy atom. The fraction of sp³-hybridized carbons (Fsp3) is 0.250. The van der Waals surface area contributed by atoms with Crippen LogP contribution in [0.3, 0.4) is 0 Å². The summed E-state index contributed by atoms with van der Waals surface area (Å²) >= 11 is 2.81. The molecule has 0 atom stereocenters. The van der Waals surface area contributed by atoms with Crippen LogP contribution in [-0.4, -0.2) is 31.4 Å². The third kappa shape index (κ3) is 5.44. The van der Waals surface area contributed by atoms with Gasteiger partial charge in [-0.2, -0.15) is 0 Å². The van der Waals surface area contributed by atoms with E-state index >= 15 is 0 Å². The number of benzene rings is 2. The highest BCUT2D eigenvalue weighted by atomic mass is 32.2. The van der Waals surface area contributed by atoms with E-state index in [2.05, 4.69) is 64.7 Å². The Balaban J connectivity index is 1.30. The number of nitrogens with zero attached hydrogens (tertiary/aromatic N) is 4. The molecular weight excluding hydrogens is 438 g/mol.